The SMILES string of the molecule is CC(=NO)C1=CCN(N(C)C)C=C1. The molecule has 0 bridgehead atoms. The van der Waals surface area contributed by atoms with Crippen molar-refractivity contribution in [2.24, 2.45) is 5.16 Å². The standard InChI is InChI=1S/C9H15N3O/c1-8(10-13)9-4-6-12(7-5-9)11(2)3/h4-6,13H,7H2,1-3H3. The molecule has 0 aromatic carbocycles. The average molecular weight is 181 g/mol. The summed E-state index contributed by atoms with van der Waals surface area (Å²) in [5.74, 6) is 0. The van der Waals surface area contributed by atoms with Gasteiger partial charge in [-0.05, 0) is 18.6 Å². The van der Waals surface area contributed by atoms with Gasteiger partial charge in [0.05, 0.1) is 12.3 Å². The van der Waals surface area contributed by atoms with Crippen LogP contribution >= 0.6 is 0 Å². The van der Waals surface area contributed by atoms with Crippen molar-refractivity contribution in [3.63, 3.8) is 0 Å². The largest absolute Gasteiger partial charge is 0.411 e. The molecule has 0 aromatic heterocycles. The molecular formula is C9H15N3O. The highest BCUT2D eigenvalue weighted by atomic mass is 16.4. The van der Waals surface area contributed by atoms with Crippen LogP contribution in [0.5, 0.6) is 0 Å². The van der Waals surface area contributed by atoms with Gasteiger partial charge in [-0.15, -0.1) is 0 Å². The van der Waals surface area contributed by atoms with E-state index in [1.807, 2.05) is 42.5 Å². The van der Waals surface area contributed by atoms with E-state index < -0.39 is 0 Å². The van der Waals surface area contributed by atoms with Crippen LogP contribution in [-0.4, -0.2) is 41.6 Å². The van der Waals surface area contributed by atoms with Gasteiger partial charge in [-0.2, -0.15) is 0 Å². The summed E-state index contributed by atoms with van der Waals surface area (Å²) in [6.45, 7) is 2.59. The van der Waals surface area contributed by atoms with E-state index in [-0.39, 0.29) is 0 Å². The van der Waals surface area contributed by atoms with Gasteiger partial charge >= 0.3 is 0 Å². The minimum Gasteiger partial charge on any atom is -0.411 e. The maximum Gasteiger partial charge on any atom is 0.0834 e. The number of hydrogen-bond donors (Lipinski definition) is 1. The summed E-state index contributed by atoms with van der Waals surface area (Å²) < 4.78 is 0. The van der Waals surface area contributed by atoms with Gasteiger partial charge in [-0.25, -0.2) is 5.01 Å². The molecular weight excluding hydrogens is 166 g/mol. The second-order valence-corrected chi connectivity index (χ2v) is 3.13. The molecule has 0 unspecified atom stereocenters. The van der Waals surface area contributed by atoms with E-state index >= 15 is 0 Å². The third-order valence-electron chi connectivity index (χ3n) is 2.01. The highest BCUT2D eigenvalue weighted by Crippen LogP contribution is 2.09. The molecule has 4 heteroatoms. The molecule has 1 heterocycles. The Morgan fingerprint density at radius 1 is 1.62 bits per heavy atom. The lowest BCUT2D eigenvalue weighted by Crippen LogP contribution is -2.33. The van der Waals surface area contributed by atoms with Crippen LogP contribution in [0.4, 0.5) is 0 Å². The van der Waals surface area contributed by atoms with Crippen molar-refractivity contribution in [2.45, 2.75) is 6.92 Å². The van der Waals surface area contributed by atoms with Crippen molar-refractivity contribution in [1.29, 1.82) is 0 Å². The predicted octanol–water partition coefficient (Wildman–Crippen LogP) is 1.07. The first-order valence-corrected chi connectivity index (χ1v) is 4.16. The summed E-state index contributed by atoms with van der Waals surface area (Å²) in [6.07, 6.45) is 5.91. The molecule has 4 nitrogen and oxygen atoms in total. The Morgan fingerprint density at radius 2 is 2.31 bits per heavy atom. The summed E-state index contributed by atoms with van der Waals surface area (Å²) in [4.78, 5) is 0. The molecule has 72 valence electrons. The smallest absolute Gasteiger partial charge is 0.0834 e. The van der Waals surface area contributed by atoms with Crippen molar-refractivity contribution in [1.82, 2.24) is 10.0 Å². The van der Waals surface area contributed by atoms with Crippen LogP contribution in [0.15, 0.2) is 29.1 Å². The Hall–Kier alpha value is -1.29. The second-order valence-electron chi connectivity index (χ2n) is 3.13. The lowest BCUT2D eigenvalue weighted by atomic mass is 10.1. The van der Waals surface area contributed by atoms with Gasteiger partial charge in [0.2, 0.25) is 0 Å². The van der Waals surface area contributed by atoms with E-state index in [2.05, 4.69) is 5.16 Å². The minimum absolute atomic E-state index is 0.648. The fourth-order valence-electron chi connectivity index (χ4n) is 1.11. The van der Waals surface area contributed by atoms with Crippen LogP contribution in [0.3, 0.4) is 0 Å². The molecule has 0 saturated heterocycles. The van der Waals surface area contributed by atoms with Gasteiger partial charge in [0.1, 0.15) is 0 Å². The molecule has 0 aromatic rings. The van der Waals surface area contributed by atoms with Crippen molar-refractivity contribution >= 4 is 5.71 Å². The highest BCUT2D eigenvalue weighted by molar-refractivity contribution is 6.00. The summed E-state index contributed by atoms with van der Waals surface area (Å²) in [5.41, 5.74) is 1.62. The molecule has 1 aliphatic rings. The van der Waals surface area contributed by atoms with Gasteiger partial charge in [0, 0.05) is 20.3 Å². The summed E-state index contributed by atoms with van der Waals surface area (Å²) in [5, 5.41) is 15.7. The Labute approximate surface area is 78.4 Å². The molecule has 0 amide bonds. The molecule has 0 saturated carbocycles. The maximum atomic E-state index is 8.55. The molecule has 0 radical (unpaired) electrons. The Morgan fingerprint density at radius 3 is 2.69 bits per heavy atom. The normalized spacial score (nSPS) is 18.0. The van der Waals surface area contributed by atoms with Gasteiger partial charge in [0.25, 0.3) is 0 Å². The average Bonchev–Trinajstić information content (AvgIpc) is 2.17. The molecule has 0 atom stereocenters. The third kappa shape index (κ3) is 2.32. The van der Waals surface area contributed by atoms with Crippen LogP contribution in [0.1, 0.15) is 6.92 Å². The van der Waals surface area contributed by atoms with Crippen molar-refractivity contribution in [2.75, 3.05) is 20.6 Å². The Kier molecular flexibility index (Phi) is 3.08. The van der Waals surface area contributed by atoms with Crippen LogP contribution in [0.25, 0.3) is 0 Å². The first-order chi connectivity index (χ1) is 6.15. The van der Waals surface area contributed by atoms with Gasteiger partial charge < -0.3 is 10.2 Å². The zero-order chi connectivity index (χ0) is 9.84. The fraction of sp³-hybridized carbons (Fsp3) is 0.444. The lowest BCUT2D eigenvalue weighted by Gasteiger charge is -2.28. The summed E-state index contributed by atoms with van der Waals surface area (Å²) >= 11 is 0. The summed E-state index contributed by atoms with van der Waals surface area (Å²) in [6, 6.07) is 0. The zero-order valence-electron chi connectivity index (χ0n) is 8.23. The molecule has 0 spiro atoms. The first kappa shape index (κ1) is 9.80. The highest BCUT2D eigenvalue weighted by Gasteiger charge is 2.07. The second kappa shape index (κ2) is 4.09. The van der Waals surface area contributed by atoms with Crippen molar-refractivity contribution < 1.29 is 5.21 Å². The van der Waals surface area contributed by atoms with E-state index in [9.17, 15) is 0 Å². The van der Waals surface area contributed by atoms with E-state index in [0.29, 0.717) is 5.71 Å². The minimum atomic E-state index is 0.648. The molecule has 0 aliphatic carbocycles. The van der Waals surface area contributed by atoms with Crippen LogP contribution in [0, 0.1) is 0 Å². The number of rotatable bonds is 2. The quantitative estimate of drug-likeness (QED) is 0.393. The lowest BCUT2D eigenvalue weighted by molar-refractivity contribution is 0.0955. The molecule has 1 aliphatic heterocycles. The first-order valence-electron chi connectivity index (χ1n) is 4.16. The molecule has 13 heavy (non-hydrogen) atoms. The fourth-order valence-corrected chi connectivity index (χ4v) is 1.11. The van der Waals surface area contributed by atoms with Gasteiger partial charge in [-0.1, -0.05) is 11.2 Å². The van der Waals surface area contributed by atoms with Crippen molar-refractivity contribution in [3.8, 4) is 0 Å². The third-order valence-corrected chi connectivity index (χ3v) is 2.01. The van der Waals surface area contributed by atoms with E-state index in [0.717, 1.165) is 12.1 Å². The van der Waals surface area contributed by atoms with Crippen LogP contribution in [-0.2, 0) is 0 Å². The van der Waals surface area contributed by atoms with Crippen LogP contribution < -0.4 is 0 Å². The number of hydrazine groups is 1. The topological polar surface area (TPSA) is 39.1 Å². The molecule has 1 N–H and O–H groups in total. The Balaban J connectivity index is 2.65. The molecule has 1 rings (SSSR count). The van der Waals surface area contributed by atoms with E-state index in [4.69, 9.17) is 5.21 Å². The maximum absolute atomic E-state index is 8.55. The van der Waals surface area contributed by atoms with E-state index in [1.165, 1.54) is 0 Å². The van der Waals surface area contributed by atoms with E-state index in [1.54, 1.807) is 6.92 Å². The number of hydrogen-bond acceptors (Lipinski definition) is 4. The van der Waals surface area contributed by atoms with Gasteiger partial charge in [-0.3, -0.25) is 0 Å². The predicted molar refractivity (Wildman–Crippen MR) is 52.5 cm³/mol. The number of oxime groups is 1. The van der Waals surface area contributed by atoms with Crippen LogP contribution in [0.2, 0.25) is 0 Å². The number of nitrogens with zero attached hydrogens (tertiary/aromatic N) is 3. The number of allylic oxidation sites excluding steroid dienone is 2. The van der Waals surface area contributed by atoms with Gasteiger partial charge in [0.15, 0.2) is 0 Å². The zero-order valence-corrected chi connectivity index (χ0v) is 8.23. The molecule has 0 fully saturated rings. The summed E-state index contributed by atoms with van der Waals surface area (Å²) in [7, 11) is 3.96. The Bertz CT molecular complexity index is 266. The van der Waals surface area contributed by atoms with Crippen molar-refractivity contribution in [3.05, 3.63) is 23.9 Å². The monoisotopic (exact) mass is 181 g/mol.